The van der Waals surface area contributed by atoms with Crippen molar-refractivity contribution in [3.8, 4) is 0 Å². The molecule has 0 N–H and O–H groups in total. The maximum atomic E-state index is 5.74. The topological polar surface area (TPSA) is 29.0 Å². The van der Waals surface area contributed by atoms with Crippen molar-refractivity contribution in [2.45, 2.75) is 38.8 Å². The van der Waals surface area contributed by atoms with Crippen molar-refractivity contribution in [1.82, 2.24) is 15.1 Å². The molecule has 1 aliphatic rings. The lowest BCUT2D eigenvalue weighted by Crippen LogP contribution is -2.26. The standard InChI is InChI=1S/C9H14ClN3S/c1-2-5-13(7-3-4-7)6-8-11-12-9(10)14-8/h7H,2-6H2,1H3. The zero-order valence-electron chi connectivity index (χ0n) is 8.24. The quantitative estimate of drug-likeness (QED) is 0.780. The Bertz CT molecular complexity index is 298. The molecule has 1 aromatic rings. The molecule has 0 spiro atoms. The predicted octanol–water partition coefficient (Wildman–Crippen LogP) is 2.57. The van der Waals surface area contributed by atoms with E-state index in [-0.39, 0.29) is 0 Å². The normalized spacial score (nSPS) is 16.5. The van der Waals surface area contributed by atoms with Gasteiger partial charge >= 0.3 is 0 Å². The molecule has 0 radical (unpaired) electrons. The summed E-state index contributed by atoms with van der Waals surface area (Å²) in [5.41, 5.74) is 0. The minimum atomic E-state index is 0.548. The summed E-state index contributed by atoms with van der Waals surface area (Å²) < 4.78 is 0.548. The lowest BCUT2D eigenvalue weighted by atomic mass is 10.4. The highest BCUT2D eigenvalue weighted by atomic mass is 35.5. The smallest absolute Gasteiger partial charge is 0.207 e. The van der Waals surface area contributed by atoms with Crippen LogP contribution in [0.2, 0.25) is 4.47 Å². The van der Waals surface area contributed by atoms with E-state index < -0.39 is 0 Å². The van der Waals surface area contributed by atoms with E-state index in [1.807, 2.05) is 0 Å². The molecule has 2 rings (SSSR count). The molecule has 78 valence electrons. The largest absolute Gasteiger partial charge is 0.294 e. The van der Waals surface area contributed by atoms with E-state index in [0.29, 0.717) is 4.47 Å². The van der Waals surface area contributed by atoms with Gasteiger partial charge in [0, 0.05) is 6.04 Å². The first kappa shape index (κ1) is 10.3. The fourth-order valence-corrected chi connectivity index (χ4v) is 2.48. The van der Waals surface area contributed by atoms with Crippen molar-refractivity contribution < 1.29 is 0 Å². The van der Waals surface area contributed by atoms with Crippen molar-refractivity contribution in [2.24, 2.45) is 0 Å². The predicted molar refractivity (Wildman–Crippen MR) is 58.6 cm³/mol. The second kappa shape index (κ2) is 4.55. The van der Waals surface area contributed by atoms with Crippen LogP contribution in [0.1, 0.15) is 31.2 Å². The van der Waals surface area contributed by atoms with Gasteiger partial charge in [0.2, 0.25) is 4.47 Å². The summed E-state index contributed by atoms with van der Waals surface area (Å²) >= 11 is 7.23. The number of rotatable bonds is 5. The number of hydrogen-bond donors (Lipinski definition) is 0. The van der Waals surface area contributed by atoms with E-state index in [2.05, 4.69) is 22.0 Å². The Labute approximate surface area is 93.1 Å². The zero-order valence-corrected chi connectivity index (χ0v) is 9.81. The van der Waals surface area contributed by atoms with Gasteiger partial charge in [-0.05, 0) is 37.4 Å². The molecule has 1 fully saturated rings. The molecule has 1 aromatic heterocycles. The average molecular weight is 232 g/mol. The summed E-state index contributed by atoms with van der Waals surface area (Å²) in [4.78, 5) is 2.48. The van der Waals surface area contributed by atoms with Crippen LogP contribution in [0.5, 0.6) is 0 Å². The maximum absolute atomic E-state index is 5.74. The second-order valence-electron chi connectivity index (χ2n) is 3.65. The van der Waals surface area contributed by atoms with E-state index in [1.165, 1.54) is 30.6 Å². The van der Waals surface area contributed by atoms with Crippen LogP contribution in [0.25, 0.3) is 0 Å². The van der Waals surface area contributed by atoms with Gasteiger partial charge in [0.25, 0.3) is 0 Å². The fraction of sp³-hybridized carbons (Fsp3) is 0.778. The Kier molecular flexibility index (Phi) is 3.36. The highest BCUT2D eigenvalue weighted by Gasteiger charge is 2.28. The van der Waals surface area contributed by atoms with Crippen LogP contribution < -0.4 is 0 Å². The lowest BCUT2D eigenvalue weighted by molar-refractivity contribution is 0.254. The molecule has 0 aromatic carbocycles. The van der Waals surface area contributed by atoms with Gasteiger partial charge in [-0.1, -0.05) is 18.3 Å². The first-order valence-electron chi connectivity index (χ1n) is 5.01. The fourth-order valence-electron chi connectivity index (χ4n) is 1.59. The summed E-state index contributed by atoms with van der Waals surface area (Å²) in [6, 6.07) is 0.789. The van der Waals surface area contributed by atoms with Crippen LogP contribution in [0.15, 0.2) is 0 Å². The number of nitrogens with zero attached hydrogens (tertiary/aromatic N) is 3. The first-order valence-corrected chi connectivity index (χ1v) is 6.21. The van der Waals surface area contributed by atoms with Crippen LogP contribution in [-0.4, -0.2) is 27.7 Å². The molecule has 0 bridgehead atoms. The molecule has 1 heterocycles. The molecule has 0 atom stereocenters. The molecule has 5 heteroatoms. The third kappa shape index (κ3) is 2.65. The molecule has 1 saturated carbocycles. The van der Waals surface area contributed by atoms with Crippen molar-refractivity contribution in [3.05, 3.63) is 9.47 Å². The van der Waals surface area contributed by atoms with E-state index in [0.717, 1.165) is 24.1 Å². The summed E-state index contributed by atoms with van der Waals surface area (Å²) in [5.74, 6) is 0. The minimum absolute atomic E-state index is 0.548. The summed E-state index contributed by atoms with van der Waals surface area (Å²) in [6.07, 6.45) is 3.88. The number of hydrogen-bond acceptors (Lipinski definition) is 4. The summed E-state index contributed by atoms with van der Waals surface area (Å²) in [7, 11) is 0. The van der Waals surface area contributed by atoms with Crippen LogP contribution in [0, 0.1) is 0 Å². The van der Waals surface area contributed by atoms with Crippen molar-refractivity contribution >= 4 is 22.9 Å². The third-order valence-electron chi connectivity index (χ3n) is 2.35. The Morgan fingerprint density at radius 1 is 1.50 bits per heavy atom. The van der Waals surface area contributed by atoms with Gasteiger partial charge in [0.15, 0.2) is 0 Å². The molecule has 3 nitrogen and oxygen atoms in total. The summed E-state index contributed by atoms with van der Waals surface area (Å²) in [5, 5.41) is 8.90. The summed E-state index contributed by atoms with van der Waals surface area (Å²) in [6.45, 7) is 4.28. The molecule has 0 saturated heterocycles. The second-order valence-corrected chi connectivity index (χ2v) is 5.29. The number of halogens is 1. The van der Waals surface area contributed by atoms with Crippen molar-refractivity contribution in [2.75, 3.05) is 6.54 Å². The van der Waals surface area contributed by atoms with Crippen LogP contribution in [0.4, 0.5) is 0 Å². The SMILES string of the molecule is CCCN(Cc1nnc(Cl)s1)C1CC1. The van der Waals surface area contributed by atoms with Gasteiger partial charge in [0.1, 0.15) is 5.01 Å². The van der Waals surface area contributed by atoms with E-state index >= 15 is 0 Å². The minimum Gasteiger partial charge on any atom is -0.294 e. The maximum Gasteiger partial charge on any atom is 0.207 e. The van der Waals surface area contributed by atoms with Crippen LogP contribution >= 0.6 is 22.9 Å². The zero-order chi connectivity index (χ0) is 9.97. The monoisotopic (exact) mass is 231 g/mol. The molecular formula is C9H14ClN3S. The van der Waals surface area contributed by atoms with Gasteiger partial charge in [0.05, 0.1) is 6.54 Å². The van der Waals surface area contributed by atoms with Gasteiger partial charge < -0.3 is 0 Å². The van der Waals surface area contributed by atoms with E-state index in [1.54, 1.807) is 0 Å². The Balaban J connectivity index is 1.92. The highest BCUT2D eigenvalue weighted by Crippen LogP contribution is 2.29. The van der Waals surface area contributed by atoms with Crippen LogP contribution in [0.3, 0.4) is 0 Å². The van der Waals surface area contributed by atoms with Crippen molar-refractivity contribution in [1.29, 1.82) is 0 Å². The van der Waals surface area contributed by atoms with Crippen molar-refractivity contribution in [3.63, 3.8) is 0 Å². The van der Waals surface area contributed by atoms with Gasteiger partial charge in [-0.25, -0.2) is 0 Å². The third-order valence-corrected chi connectivity index (χ3v) is 3.36. The molecule has 0 unspecified atom stereocenters. The Morgan fingerprint density at radius 3 is 2.79 bits per heavy atom. The lowest BCUT2D eigenvalue weighted by Gasteiger charge is -2.18. The van der Waals surface area contributed by atoms with E-state index in [4.69, 9.17) is 11.6 Å². The van der Waals surface area contributed by atoms with Gasteiger partial charge in [-0.2, -0.15) is 0 Å². The van der Waals surface area contributed by atoms with E-state index in [9.17, 15) is 0 Å². The average Bonchev–Trinajstić information content (AvgIpc) is 2.91. The van der Waals surface area contributed by atoms with Crippen LogP contribution in [-0.2, 0) is 6.54 Å². The van der Waals surface area contributed by atoms with Gasteiger partial charge in [-0.15, -0.1) is 10.2 Å². The number of aromatic nitrogens is 2. The molecule has 0 aliphatic heterocycles. The molecule has 14 heavy (non-hydrogen) atoms. The first-order chi connectivity index (χ1) is 6.79. The molecule has 0 amide bonds. The molecular weight excluding hydrogens is 218 g/mol. The highest BCUT2D eigenvalue weighted by molar-refractivity contribution is 7.15. The Hall–Kier alpha value is -0.190. The molecule has 1 aliphatic carbocycles. The Morgan fingerprint density at radius 2 is 2.29 bits per heavy atom. The van der Waals surface area contributed by atoms with Gasteiger partial charge in [-0.3, -0.25) is 4.90 Å².